The van der Waals surface area contributed by atoms with Crippen molar-refractivity contribution in [3.05, 3.63) is 35.9 Å². The molecule has 172 valence electrons. The number of amides is 2. The molecule has 7 heteroatoms. The molecule has 0 radical (unpaired) electrons. The molecule has 31 heavy (non-hydrogen) atoms. The van der Waals surface area contributed by atoms with Crippen LogP contribution in [0.15, 0.2) is 30.3 Å². The molecule has 1 saturated heterocycles. The van der Waals surface area contributed by atoms with E-state index in [9.17, 15) is 14.4 Å². The lowest BCUT2D eigenvalue weighted by molar-refractivity contribution is -0.146. The summed E-state index contributed by atoms with van der Waals surface area (Å²) in [6, 6.07) is 9.60. The SMILES string of the molecule is CC[C@H](CCC(=O)N1CCN(C(=O)OC(C)(C)C)CC1)CC(=O)OCc1ccccc1. The number of hydrogen-bond donors (Lipinski definition) is 0. The Labute approximate surface area is 185 Å². The number of esters is 1. The van der Waals surface area contributed by atoms with Gasteiger partial charge in [-0.25, -0.2) is 4.79 Å². The summed E-state index contributed by atoms with van der Waals surface area (Å²) in [7, 11) is 0. The molecule has 1 aromatic rings. The van der Waals surface area contributed by atoms with E-state index in [0.29, 0.717) is 45.4 Å². The lowest BCUT2D eigenvalue weighted by Gasteiger charge is -2.35. The molecule has 0 bridgehead atoms. The van der Waals surface area contributed by atoms with E-state index in [1.807, 2.05) is 58.0 Å². The van der Waals surface area contributed by atoms with Gasteiger partial charge in [0.25, 0.3) is 0 Å². The Hall–Kier alpha value is -2.57. The number of hydrogen-bond acceptors (Lipinski definition) is 5. The first-order chi connectivity index (χ1) is 14.7. The van der Waals surface area contributed by atoms with Crippen molar-refractivity contribution in [2.45, 2.75) is 65.6 Å². The van der Waals surface area contributed by atoms with Crippen LogP contribution < -0.4 is 0 Å². The third-order valence-electron chi connectivity index (χ3n) is 5.33. The summed E-state index contributed by atoms with van der Waals surface area (Å²) in [6.07, 6.45) is 1.86. The van der Waals surface area contributed by atoms with Crippen molar-refractivity contribution >= 4 is 18.0 Å². The quantitative estimate of drug-likeness (QED) is 0.580. The predicted molar refractivity (Wildman–Crippen MR) is 118 cm³/mol. The molecule has 1 atom stereocenters. The summed E-state index contributed by atoms with van der Waals surface area (Å²) in [6.45, 7) is 9.79. The summed E-state index contributed by atoms with van der Waals surface area (Å²) in [5, 5.41) is 0. The van der Waals surface area contributed by atoms with Crippen LogP contribution in [0, 0.1) is 5.92 Å². The van der Waals surface area contributed by atoms with E-state index in [4.69, 9.17) is 9.47 Å². The summed E-state index contributed by atoms with van der Waals surface area (Å²) in [4.78, 5) is 40.3. The minimum absolute atomic E-state index is 0.0694. The molecule has 0 saturated carbocycles. The maximum Gasteiger partial charge on any atom is 0.410 e. The van der Waals surface area contributed by atoms with Crippen molar-refractivity contribution in [1.29, 1.82) is 0 Å². The molecule has 0 aromatic heterocycles. The molecule has 1 aromatic carbocycles. The highest BCUT2D eigenvalue weighted by Gasteiger charge is 2.28. The summed E-state index contributed by atoms with van der Waals surface area (Å²) in [5.74, 6) is -0.0376. The van der Waals surface area contributed by atoms with Gasteiger partial charge in [0.05, 0.1) is 0 Å². The van der Waals surface area contributed by atoms with Crippen molar-refractivity contribution in [2.24, 2.45) is 5.92 Å². The van der Waals surface area contributed by atoms with E-state index >= 15 is 0 Å². The number of carbonyl (C=O) groups excluding carboxylic acids is 3. The average Bonchev–Trinajstić information content (AvgIpc) is 2.74. The maximum absolute atomic E-state index is 12.6. The molecule has 7 nitrogen and oxygen atoms in total. The second kappa shape index (κ2) is 11.7. The summed E-state index contributed by atoms with van der Waals surface area (Å²) < 4.78 is 10.8. The molecule has 2 amide bonds. The van der Waals surface area contributed by atoms with Crippen LogP contribution in [0.25, 0.3) is 0 Å². The molecular weight excluding hydrogens is 396 g/mol. The van der Waals surface area contributed by atoms with Crippen LogP contribution in [0.2, 0.25) is 0 Å². The normalized spacial score (nSPS) is 15.4. The first-order valence-corrected chi connectivity index (χ1v) is 11.1. The third kappa shape index (κ3) is 8.99. The lowest BCUT2D eigenvalue weighted by atomic mass is 9.96. The third-order valence-corrected chi connectivity index (χ3v) is 5.33. The van der Waals surface area contributed by atoms with Crippen molar-refractivity contribution in [3.8, 4) is 0 Å². The van der Waals surface area contributed by atoms with Crippen LogP contribution in [-0.2, 0) is 25.7 Å². The summed E-state index contributed by atoms with van der Waals surface area (Å²) >= 11 is 0. The molecule has 0 spiro atoms. The summed E-state index contributed by atoms with van der Waals surface area (Å²) in [5.41, 5.74) is 0.436. The zero-order valence-electron chi connectivity index (χ0n) is 19.3. The van der Waals surface area contributed by atoms with Crippen molar-refractivity contribution in [1.82, 2.24) is 9.80 Å². The first kappa shape index (κ1) is 24.7. The Morgan fingerprint density at radius 2 is 1.61 bits per heavy atom. The largest absolute Gasteiger partial charge is 0.461 e. The van der Waals surface area contributed by atoms with Gasteiger partial charge in [0, 0.05) is 39.0 Å². The maximum atomic E-state index is 12.6. The highest BCUT2D eigenvalue weighted by Crippen LogP contribution is 2.19. The van der Waals surface area contributed by atoms with Crippen molar-refractivity contribution in [2.75, 3.05) is 26.2 Å². The molecule has 1 fully saturated rings. The number of carbonyl (C=O) groups is 3. The van der Waals surface area contributed by atoms with Gasteiger partial charge in [0.2, 0.25) is 5.91 Å². The second-order valence-electron chi connectivity index (χ2n) is 9.01. The Balaban J connectivity index is 1.69. The van der Waals surface area contributed by atoms with Crippen molar-refractivity contribution < 1.29 is 23.9 Å². The van der Waals surface area contributed by atoms with Crippen LogP contribution in [0.5, 0.6) is 0 Å². The zero-order chi connectivity index (χ0) is 22.9. The Bertz CT molecular complexity index is 721. The van der Waals surface area contributed by atoms with E-state index < -0.39 is 5.60 Å². The number of rotatable bonds is 8. The van der Waals surface area contributed by atoms with Gasteiger partial charge in [-0.05, 0) is 38.7 Å². The van der Waals surface area contributed by atoms with Gasteiger partial charge in [-0.2, -0.15) is 0 Å². The Morgan fingerprint density at radius 1 is 1.00 bits per heavy atom. The number of benzene rings is 1. The topological polar surface area (TPSA) is 76.2 Å². The first-order valence-electron chi connectivity index (χ1n) is 11.1. The highest BCUT2D eigenvalue weighted by atomic mass is 16.6. The minimum atomic E-state index is -0.526. The van der Waals surface area contributed by atoms with Crippen LogP contribution in [0.4, 0.5) is 4.79 Å². The van der Waals surface area contributed by atoms with Crippen LogP contribution in [0.3, 0.4) is 0 Å². The molecule has 1 aliphatic heterocycles. The van der Waals surface area contributed by atoms with Gasteiger partial charge in [-0.1, -0.05) is 43.7 Å². The molecule has 0 unspecified atom stereocenters. The van der Waals surface area contributed by atoms with E-state index in [1.54, 1.807) is 9.80 Å². The molecule has 2 rings (SSSR count). The van der Waals surface area contributed by atoms with Crippen molar-refractivity contribution in [3.63, 3.8) is 0 Å². The molecule has 0 aliphatic carbocycles. The van der Waals surface area contributed by atoms with Gasteiger partial charge in [-0.15, -0.1) is 0 Å². The molecule has 1 heterocycles. The smallest absolute Gasteiger partial charge is 0.410 e. The standard InChI is InChI=1S/C24H36N2O5/c1-5-19(17-22(28)30-18-20-9-7-6-8-10-20)11-12-21(27)25-13-15-26(16-14-25)23(29)31-24(2,3)4/h6-10,19H,5,11-18H2,1-4H3/t19-/m1/s1. The van der Waals surface area contributed by atoms with Crippen LogP contribution in [-0.4, -0.2) is 59.5 Å². The average molecular weight is 433 g/mol. The van der Waals surface area contributed by atoms with Gasteiger partial charge >= 0.3 is 12.1 Å². The van der Waals surface area contributed by atoms with E-state index in [-0.39, 0.29) is 30.5 Å². The Kier molecular flexibility index (Phi) is 9.34. The van der Waals surface area contributed by atoms with E-state index in [1.165, 1.54) is 0 Å². The minimum Gasteiger partial charge on any atom is -0.461 e. The molecule has 1 aliphatic rings. The number of piperazine rings is 1. The number of ether oxygens (including phenoxy) is 2. The van der Waals surface area contributed by atoms with Gasteiger partial charge in [-0.3, -0.25) is 9.59 Å². The van der Waals surface area contributed by atoms with E-state index in [2.05, 4.69) is 0 Å². The molecular formula is C24H36N2O5. The van der Waals surface area contributed by atoms with Crippen LogP contribution in [0.1, 0.15) is 58.9 Å². The monoisotopic (exact) mass is 432 g/mol. The van der Waals surface area contributed by atoms with Gasteiger partial charge in [0.15, 0.2) is 0 Å². The second-order valence-corrected chi connectivity index (χ2v) is 9.01. The fraction of sp³-hybridized carbons (Fsp3) is 0.625. The fourth-order valence-electron chi connectivity index (χ4n) is 3.43. The van der Waals surface area contributed by atoms with Gasteiger partial charge < -0.3 is 19.3 Å². The molecule has 0 N–H and O–H groups in total. The lowest BCUT2D eigenvalue weighted by Crippen LogP contribution is -2.51. The highest BCUT2D eigenvalue weighted by molar-refractivity contribution is 5.77. The van der Waals surface area contributed by atoms with Gasteiger partial charge in [0.1, 0.15) is 12.2 Å². The Morgan fingerprint density at radius 3 is 2.19 bits per heavy atom. The van der Waals surface area contributed by atoms with Crippen LogP contribution >= 0.6 is 0 Å². The predicted octanol–water partition coefficient (Wildman–Crippen LogP) is 4.01. The zero-order valence-corrected chi connectivity index (χ0v) is 19.3. The fourth-order valence-corrected chi connectivity index (χ4v) is 3.43. The number of nitrogens with zero attached hydrogens (tertiary/aromatic N) is 2. The van der Waals surface area contributed by atoms with E-state index in [0.717, 1.165) is 12.0 Å².